The number of hydrogen-bond acceptors (Lipinski definition) is 4. The van der Waals surface area contributed by atoms with Gasteiger partial charge in [-0.1, -0.05) is 114 Å². The van der Waals surface area contributed by atoms with E-state index in [4.69, 9.17) is 9.47 Å². The molecule has 0 aliphatic carbocycles. The van der Waals surface area contributed by atoms with Gasteiger partial charge in [-0.25, -0.2) is 9.59 Å². The van der Waals surface area contributed by atoms with Gasteiger partial charge in [-0.2, -0.15) is 0 Å². The van der Waals surface area contributed by atoms with Crippen LogP contribution in [0.4, 0.5) is 9.59 Å². The first-order valence-corrected chi connectivity index (χ1v) is 11.5. The maximum atomic E-state index is 11.4. The molecule has 0 spiro atoms. The lowest BCUT2D eigenvalue weighted by molar-refractivity contribution is 0.143. The Balaban J connectivity index is 3.43. The Labute approximate surface area is 171 Å². The van der Waals surface area contributed by atoms with Gasteiger partial charge in [0.25, 0.3) is 0 Å². The van der Waals surface area contributed by atoms with Crippen molar-refractivity contribution in [2.45, 2.75) is 117 Å². The molecule has 0 bridgehead atoms. The maximum absolute atomic E-state index is 11.4. The Kier molecular flexibility index (Phi) is 20.7. The fourth-order valence-corrected chi connectivity index (χ4v) is 2.93. The van der Waals surface area contributed by atoms with Crippen LogP contribution in [0.15, 0.2) is 10.2 Å². The molecular weight excluding hydrogens is 356 g/mol. The zero-order valence-electron chi connectivity index (χ0n) is 18.3. The van der Waals surface area contributed by atoms with Crippen molar-refractivity contribution in [2.24, 2.45) is 10.2 Å². The number of unbranched alkanes of at least 4 members (excludes halogenated alkanes) is 14. The number of azo groups is 1. The molecule has 0 rings (SSSR count). The molecule has 2 amide bonds. The summed E-state index contributed by atoms with van der Waals surface area (Å²) in [5, 5.41) is 6.48. The number of rotatable bonds is 18. The van der Waals surface area contributed by atoms with Crippen molar-refractivity contribution in [1.82, 2.24) is 0 Å². The number of carbonyl (C=O) groups is 2. The molecule has 0 radical (unpaired) electrons. The summed E-state index contributed by atoms with van der Waals surface area (Å²) in [6.07, 6.45) is 17.2. The van der Waals surface area contributed by atoms with Crippen LogP contribution >= 0.6 is 0 Å². The van der Waals surface area contributed by atoms with Crippen molar-refractivity contribution in [3.63, 3.8) is 0 Å². The van der Waals surface area contributed by atoms with Crippen molar-refractivity contribution in [3.8, 4) is 0 Å². The van der Waals surface area contributed by atoms with Crippen molar-refractivity contribution in [3.05, 3.63) is 0 Å². The van der Waals surface area contributed by atoms with Gasteiger partial charge in [-0.05, 0) is 12.8 Å². The fraction of sp³-hybridized carbons (Fsp3) is 0.909. The van der Waals surface area contributed by atoms with Gasteiger partial charge in [0.15, 0.2) is 0 Å². The first-order valence-electron chi connectivity index (χ1n) is 11.5. The molecule has 28 heavy (non-hydrogen) atoms. The molecule has 0 aromatic rings. The van der Waals surface area contributed by atoms with Gasteiger partial charge in [-0.15, -0.1) is 0 Å². The first-order chi connectivity index (χ1) is 13.7. The average Bonchev–Trinajstić information content (AvgIpc) is 2.69. The van der Waals surface area contributed by atoms with Crippen LogP contribution in [0, 0.1) is 0 Å². The normalized spacial score (nSPS) is 11.1. The highest BCUT2D eigenvalue weighted by molar-refractivity contribution is 5.73. The van der Waals surface area contributed by atoms with Crippen LogP contribution < -0.4 is 0 Å². The fourth-order valence-electron chi connectivity index (χ4n) is 2.93. The molecule has 0 atom stereocenters. The molecule has 0 unspecified atom stereocenters. The average molecular weight is 399 g/mol. The minimum atomic E-state index is -0.827. The highest BCUT2D eigenvalue weighted by atomic mass is 16.6. The van der Waals surface area contributed by atoms with Crippen LogP contribution in [0.3, 0.4) is 0 Å². The van der Waals surface area contributed by atoms with E-state index >= 15 is 0 Å². The third-order valence-electron chi connectivity index (χ3n) is 4.66. The standard InChI is InChI=1S/C22H42N2O4/c1-3-5-7-9-11-13-15-17-19-27-21(25)23-24-22(26)28-20-18-16-14-12-10-8-6-4-2/h3-20H2,1-2H3/b24-23+. The molecular formula is C22H42N2O4. The second-order valence-corrected chi connectivity index (χ2v) is 7.38. The van der Waals surface area contributed by atoms with E-state index in [9.17, 15) is 9.59 Å². The molecule has 0 aromatic heterocycles. The Morgan fingerprint density at radius 2 is 0.786 bits per heavy atom. The molecule has 0 aliphatic heterocycles. The summed E-state index contributed by atoms with van der Waals surface area (Å²) in [7, 11) is 0. The van der Waals surface area contributed by atoms with Gasteiger partial charge in [-0.3, -0.25) is 0 Å². The number of carbonyl (C=O) groups excluding carboxylic acids is 2. The predicted molar refractivity (Wildman–Crippen MR) is 113 cm³/mol. The molecule has 0 saturated heterocycles. The SMILES string of the molecule is CCCCCCCCCCOC(=O)/N=N/C(=O)OCCCCCCCCCC. The molecule has 0 fully saturated rings. The highest BCUT2D eigenvalue weighted by Gasteiger charge is 2.04. The van der Waals surface area contributed by atoms with Gasteiger partial charge in [0.05, 0.1) is 13.2 Å². The topological polar surface area (TPSA) is 77.3 Å². The van der Waals surface area contributed by atoms with Crippen LogP contribution in [0.1, 0.15) is 117 Å². The summed E-state index contributed by atoms with van der Waals surface area (Å²) in [4.78, 5) is 22.8. The van der Waals surface area contributed by atoms with Gasteiger partial charge < -0.3 is 9.47 Å². The summed E-state index contributed by atoms with van der Waals surface area (Å²) in [6.45, 7) is 5.06. The smallest absolute Gasteiger partial charge is 0.447 e. The van der Waals surface area contributed by atoms with E-state index < -0.39 is 12.2 Å². The largest absolute Gasteiger partial charge is 0.452 e. The van der Waals surface area contributed by atoms with Gasteiger partial charge >= 0.3 is 12.2 Å². The lowest BCUT2D eigenvalue weighted by Crippen LogP contribution is -2.03. The highest BCUT2D eigenvalue weighted by Crippen LogP contribution is 2.09. The first kappa shape index (κ1) is 26.5. The Hall–Kier alpha value is -1.46. The van der Waals surface area contributed by atoms with E-state index in [0.717, 1.165) is 38.5 Å². The second-order valence-electron chi connectivity index (χ2n) is 7.38. The molecule has 6 heteroatoms. The Bertz CT molecular complexity index is 364. The summed E-state index contributed by atoms with van der Waals surface area (Å²) in [6, 6.07) is 0. The lowest BCUT2D eigenvalue weighted by Gasteiger charge is -2.02. The van der Waals surface area contributed by atoms with E-state index in [0.29, 0.717) is 13.2 Å². The summed E-state index contributed by atoms with van der Waals surface area (Å²) in [5.74, 6) is 0. The lowest BCUT2D eigenvalue weighted by atomic mass is 10.1. The van der Waals surface area contributed by atoms with Crippen LogP contribution in [-0.4, -0.2) is 25.4 Å². The van der Waals surface area contributed by atoms with Crippen molar-refractivity contribution < 1.29 is 19.1 Å². The summed E-state index contributed by atoms with van der Waals surface area (Å²) >= 11 is 0. The molecule has 0 heterocycles. The van der Waals surface area contributed by atoms with E-state index in [-0.39, 0.29) is 0 Å². The van der Waals surface area contributed by atoms with Gasteiger partial charge in [0.1, 0.15) is 0 Å². The molecule has 6 nitrogen and oxygen atoms in total. The van der Waals surface area contributed by atoms with Crippen molar-refractivity contribution in [2.75, 3.05) is 13.2 Å². The maximum Gasteiger partial charge on any atom is 0.452 e. The molecule has 0 saturated carbocycles. The van der Waals surface area contributed by atoms with Crippen LogP contribution in [0.5, 0.6) is 0 Å². The molecule has 0 aliphatic rings. The van der Waals surface area contributed by atoms with Gasteiger partial charge in [0, 0.05) is 0 Å². The van der Waals surface area contributed by atoms with E-state index in [1.807, 2.05) is 0 Å². The van der Waals surface area contributed by atoms with Crippen LogP contribution in [0.2, 0.25) is 0 Å². The third kappa shape index (κ3) is 20.8. The second kappa shape index (κ2) is 21.8. The minimum Gasteiger partial charge on any atom is -0.447 e. The third-order valence-corrected chi connectivity index (χ3v) is 4.66. The van der Waals surface area contributed by atoms with Crippen LogP contribution in [0.25, 0.3) is 0 Å². The number of hydrogen-bond donors (Lipinski definition) is 0. The van der Waals surface area contributed by atoms with Crippen molar-refractivity contribution in [1.29, 1.82) is 0 Å². The van der Waals surface area contributed by atoms with E-state index in [1.54, 1.807) is 0 Å². The molecule has 0 N–H and O–H groups in total. The molecule has 0 aromatic carbocycles. The van der Waals surface area contributed by atoms with Crippen molar-refractivity contribution >= 4 is 12.2 Å². The Morgan fingerprint density at radius 3 is 1.11 bits per heavy atom. The number of amides is 2. The minimum absolute atomic E-state index is 0.320. The summed E-state index contributed by atoms with van der Waals surface area (Å²) in [5.41, 5.74) is 0. The monoisotopic (exact) mass is 398 g/mol. The predicted octanol–water partition coefficient (Wildman–Crippen LogP) is 7.99. The quantitative estimate of drug-likeness (QED) is 0.173. The van der Waals surface area contributed by atoms with Gasteiger partial charge in [0.2, 0.25) is 0 Å². The zero-order chi connectivity index (χ0) is 20.7. The number of nitrogens with zero attached hydrogens (tertiary/aromatic N) is 2. The molecule has 164 valence electrons. The van der Waals surface area contributed by atoms with E-state index in [2.05, 4.69) is 24.1 Å². The van der Waals surface area contributed by atoms with E-state index in [1.165, 1.54) is 64.2 Å². The Morgan fingerprint density at radius 1 is 0.500 bits per heavy atom. The van der Waals surface area contributed by atoms with Crippen LogP contribution in [-0.2, 0) is 9.47 Å². The number of ether oxygens (including phenoxy) is 2. The zero-order valence-corrected chi connectivity index (χ0v) is 18.3. The summed E-state index contributed by atoms with van der Waals surface area (Å²) < 4.78 is 9.86.